The molecule has 0 aliphatic carbocycles. The third-order valence-corrected chi connectivity index (χ3v) is 3.97. The van der Waals surface area contributed by atoms with Gasteiger partial charge in [0.05, 0.1) is 12.3 Å². The van der Waals surface area contributed by atoms with Crippen LogP contribution in [0.2, 0.25) is 0 Å². The molecule has 0 unspecified atom stereocenters. The van der Waals surface area contributed by atoms with Gasteiger partial charge in [-0.2, -0.15) is 5.10 Å². The van der Waals surface area contributed by atoms with Crippen molar-refractivity contribution in [3.8, 4) is 5.75 Å². The zero-order valence-corrected chi connectivity index (χ0v) is 12.6. The number of Topliss-reactive ketones (excluding diaryl/α,β-unsaturated/α-hetero) is 1. The van der Waals surface area contributed by atoms with Gasteiger partial charge in [-0.1, -0.05) is 19.1 Å². The van der Waals surface area contributed by atoms with Crippen molar-refractivity contribution in [2.24, 2.45) is 7.05 Å². The van der Waals surface area contributed by atoms with Gasteiger partial charge < -0.3 is 4.74 Å². The van der Waals surface area contributed by atoms with Crippen LogP contribution in [0.4, 0.5) is 0 Å². The zero-order valence-electron chi connectivity index (χ0n) is 12.6. The maximum Gasteiger partial charge on any atom is 0.181 e. The maximum atomic E-state index is 12.3. The summed E-state index contributed by atoms with van der Waals surface area (Å²) in [6.45, 7) is 2.82. The van der Waals surface area contributed by atoms with Crippen molar-refractivity contribution in [1.82, 2.24) is 9.78 Å². The maximum absolute atomic E-state index is 12.3. The van der Waals surface area contributed by atoms with Crippen molar-refractivity contribution in [2.45, 2.75) is 32.6 Å². The first kappa shape index (κ1) is 13.9. The second-order valence-corrected chi connectivity index (χ2v) is 5.46. The van der Waals surface area contributed by atoms with Crippen LogP contribution in [0.5, 0.6) is 5.75 Å². The van der Waals surface area contributed by atoms with E-state index in [0.717, 1.165) is 37.3 Å². The number of ketones is 1. The van der Waals surface area contributed by atoms with E-state index >= 15 is 0 Å². The van der Waals surface area contributed by atoms with E-state index in [0.29, 0.717) is 12.1 Å². The molecule has 0 atom stereocenters. The molecule has 2 aromatic rings. The second kappa shape index (κ2) is 5.72. The average Bonchev–Trinajstić information content (AvgIpc) is 3.10. The number of carbonyl (C=O) groups is 1. The monoisotopic (exact) mass is 284 g/mol. The minimum Gasteiger partial charge on any atom is -0.493 e. The van der Waals surface area contributed by atoms with Gasteiger partial charge >= 0.3 is 0 Å². The van der Waals surface area contributed by atoms with Crippen LogP contribution in [-0.4, -0.2) is 22.2 Å². The number of rotatable bonds is 5. The summed E-state index contributed by atoms with van der Waals surface area (Å²) >= 11 is 0. The van der Waals surface area contributed by atoms with Crippen molar-refractivity contribution in [3.05, 3.63) is 46.8 Å². The fourth-order valence-electron chi connectivity index (χ4n) is 2.74. The first-order valence-corrected chi connectivity index (χ1v) is 7.48. The minimum absolute atomic E-state index is 0.154. The first-order chi connectivity index (χ1) is 10.2. The Kier molecular flexibility index (Phi) is 3.78. The van der Waals surface area contributed by atoms with Crippen molar-refractivity contribution in [2.75, 3.05) is 6.61 Å². The Labute approximate surface area is 124 Å². The highest BCUT2D eigenvalue weighted by Crippen LogP contribution is 2.26. The Morgan fingerprint density at radius 1 is 1.38 bits per heavy atom. The molecule has 4 heteroatoms. The van der Waals surface area contributed by atoms with Crippen LogP contribution < -0.4 is 4.74 Å². The van der Waals surface area contributed by atoms with E-state index in [1.807, 2.05) is 26.1 Å². The Morgan fingerprint density at radius 3 is 3.00 bits per heavy atom. The quantitative estimate of drug-likeness (QED) is 0.793. The third kappa shape index (κ3) is 2.84. The van der Waals surface area contributed by atoms with Crippen LogP contribution in [0.3, 0.4) is 0 Å². The molecule has 0 radical (unpaired) electrons. The molecule has 0 spiro atoms. The molecule has 1 aromatic heterocycles. The smallest absolute Gasteiger partial charge is 0.181 e. The molecule has 0 N–H and O–H groups in total. The average molecular weight is 284 g/mol. The molecule has 4 nitrogen and oxygen atoms in total. The molecular weight excluding hydrogens is 264 g/mol. The molecular formula is C17H20N2O2. The summed E-state index contributed by atoms with van der Waals surface area (Å²) in [4.78, 5) is 12.3. The number of aryl methyl sites for hydroxylation is 3. The van der Waals surface area contributed by atoms with Crippen molar-refractivity contribution in [3.63, 3.8) is 0 Å². The Bertz CT molecular complexity index is 673. The molecule has 1 aromatic carbocycles. The largest absolute Gasteiger partial charge is 0.493 e. The molecule has 0 bridgehead atoms. The summed E-state index contributed by atoms with van der Waals surface area (Å²) in [5.74, 6) is 1.14. The number of hydrogen-bond donors (Lipinski definition) is 0. The van der Waals surface area contributed by atoms with Gasteiger partial charge in [0, 0.05) is 19.9 Å². The number of ether oxygens (including phenoxy) is 1. The SMILES string of the molecule is CCc1cc(C(=O)CCc2ccc3c(c2)CCO3)n(C)n1. The number of nitrogens with zero attached hydrogens (tertiary/aromatic N) is 2. The number of fused-ring (bicyclic) bond motifs is 1. The number of hydrogen-bond acceptors (Lipinski definition) is 3. The Morgan fingerprint density at radius 2 is 2.24 bits per heavy atom. The van der Waals surface area contributed by atoms with Crippen LogP contribution in [0.1, 0.15) is 40.7 Å². The van der Waals surface area contributed by atoms with Crippen LogP contribution in [0, 0.1) is 0 Å². The predicted molar refractivity (Wildman–Crippen MR) is 80.9 cm³/mol. The normalized spacial score (nSPS) is 13.0. The van der Waals surface area contributed by atoms with Gasteiger partial charge in [-0.3, -0.25) is 9.48 Å². The highest BCUT2D eigenvalue weighted by atomic mass is 16.5. The number of benzene rings is 1. The van der Waals surface area contributed by atoms with Crippen LogP contribution in [-0.2, 0) is 26.3 Å². The van der Waals surface area contributed by atoms with Crippen molar-refractivity contribution >= 4 is 5.78 Å². The lowest BCUT2D eigenvalue weighted by Crippen LogP contribution is -2.07. The van der Waals surface area contributed by atoms with E-state index in [4.69, 9.17) is 4.74 Å². The summed E-state index contributed by atoms with van der Waals surface area (Å²) in [5, 5.41) is 4.33. The molecule has 0 saturated heterocycles. The Balaban J connectivity index is 1.67. The molecule has 110 valence electrons. The third-order valence-electron chi connectivity index (χ3n) is 3.97. The summed E-state index contributed by atoms with van der Waals surface area (Å²) in [6.07, 6.45) is 3.10. The van der Waals surface area contributed by atoms with Crippen LogP contribution in [0.25, 0.3) is 0 Å². The number of aromatic nitrogens is 2. The molecule has 3 rings (SSSR count). The highest BCUT2D eigenvalue weighted by Gasteiger charge is 2.15. The molecule has 1 aliphatic rings. The lowest BCUT2D eigenvalue weighted by molar-refractivity contribution is 0.0973. The molecule has 2 heterocycles. The van der Waals surface area contributed by atoms with Gasteiger partial charge in [0.1, 0.15) is 11.4 Å². The standard InChI is InChI=1S/C17H20N2O2/c1-3-14-11-15(19(2)18-14)16(20)6-4-12-5-7-17-13(10-12)8-9-21-17/h5,7,10-11H,3-4,6,8-9H2,1-2H3. The van der Waals surface area contributed by atoms with E-state index < -0.39 is 0 Å². The molecule has 0 fully saturated rings. The fraction of sp³-hybridized carbons (Fsp3) is 0.412. The summed E-state index contributed by atoms with van der Waals surface area (Å²) in [7, 11) is 1.83. The van der Waals surface area contributed by atoms with E-state index in [2.05, 4.69) is 17.2 Å². The number of carbonyl (C=O) groups excluding carboxylic acids is 1. The molecule has 1 aliphatic heterocycles. The highest BCUT2D eigenvalue weighted by molar-refractivity contribution is 5.94. The fourth-order valence-corrected chi connectivity index (χ4v) is 2.74. The van der Waals surface area contributed by atoms with Gasteiger partial charge in [-0.15, -0.1) is 0 Å². The topological polar surface area (TPSA) is 44.1 Å². The molecule has 21 heavy (non-hydrogen) atoms. The van der Waals surface area contributed by atoms with E-state index in [9.17, 15) is 4.79 Å². The summed E-state index contributed by atoms with van der Waals surface area (Å²) in [5.41, 5.74) is 4.13. The Hall–Kier alpha value is -2.10. The first-order valence-electron chi connectivity index (χ1n) is 7.48. The lowest BCUT2D eigenvalue weighted by atomic mass is 10.0. The minimum atomic E-state index is 0.154. The molecule has 0 saturated carbocycles. The lowest BCUT2D eigenvalue weighted by Gasteiger charge is -2.04. The van der Waals surface area contributed by atoms with Gasteiger partial charge in [-0.05, 0) is 36.1 Å². The predicted octanol–water partition coefficient (Wildman–Crippen LogP) is 2.73. The zero-order chi connectivity index (χ0) is 14.8. The van der Waals surface area contributed by atoms with E-state index in [1.54, 1.807) is 4.68 Å². The molecule has 0 amide bonds. The van der Waals surface area contributed by atoms with Gasteiger partial charge in [0.15, 0.2) is 5.78 Å². The van der Waals surface area contributed by atoms with Crippen LogP contribution in [0.15, 0.2) is 24.3 Å². The summed E-state index contributed by atoms with van der Waals surface area (Å²) < 4.78 is 7.19. The van der Waals surface area contributed by atoms with Crippen molar-refractivity contribution in [1.29, 1.82) is 0 Å². The second-order valence-electron chi connectivity index (χ2n) is 5.46. The summed E-state index contributed by atoms with van der Waals surface area (Å²) in [6, 6.07) is 8.13. The van der Waals surface area contributed by atoms with Gasteiger partial charge in [0.25, 0.3) is 0 Å². The van der Waals surface area contributed by atoms with Crippen molar-refractivity contribution < 1.29 is 9.53 Å². The van der Waals surface area contributed by atoms with Crippen LogP contribution >= 0.6 is 0 Å². The van der Waals surface area contributed by atoms with Gasteiger partial charge in [-0.25, -0.2) is 0 Å². The van der Waals surface area contributed by atoms with E-state index in [-0.39, 0.29) is 5.78 Å². The van der Waals surface area contributed by atoms with Gasteiger partial charge in [0.2, 0.25) is 0 Å². The van der Waals surface area contributed by atoms with E-state index in [1.165, 1.54) is 11.1 Å².